The lowest BCUT2D eigenvalue weighted by Gasteiger charge is -2.21. The Bertz CT molecular complexity index is 928. The molecule has 26 heavy (non-hydrogen) atoms. The van der Waals surface area contributed by atoms with Crippen molar-refractivity contribution in [3.63, 3.8) is 0 Å². The standard InChI is InChI=1S/C19H20N2O4S/c1-25-17-9-7-16(8-10-17)20-18(22)19-11-15(19)13-21(26(19,23)24)12-14-5-3-2-4-6-14/h2-10,15H,11-13H2,1H3,(H,20,22)/t15-,19+/m1/s1. The van der Waals surface area contributed by atoms with E-state index in [-0.39, 0.29) is 5.92 Å². The monoisotopic (exact) mass is 372 g/mol. The number of nitrogens with zero attached hydrogens (tertiary/aromatic N) is 1. The number of nitrogens with one attached hydrogen (secondary N) is 1. The van der Waals surface area contributed by atoms with E-state index in [4.69, 9.17) is 4.74 Å². The largest absolute Gasteiger partial charge is 0.497 e. The Morgan fingerprint density at radius 3 is 2.54 bits per heavy atom. The highest BCUT2D eigenvalue weighted by Crippen LogP contribution is 2.58. The van der Waals surface area contributed by atoms with Gasteiger partial charge in [0.05, 0.1) is 7.11 Å². The van der Waals surface area contributed by atoms with Crippen LogP contribution in [0.2, 0.25) is 0 Å². The van der Waals surface area contributed by atoms with Crippen molar-refractivity contribution in [2.75, 3.05) is 19.0 Å². The van der Waals surface area contributed by atoms with Crippen molar-refractivity contribution in [2.45, 2.75) is 17.7 Å². The van der Waals surface area contributed by atoms with Crippen molar-refractivity contribution in [1.29, 1.82) is 0 Å². The number of fused-ring (bicyclic) bond motifs is 1. The van der Waals surface area contributed by atoms with Crippen LogP contribution in [-0.2, 0) is 21.4 Å². The molecule has 1 saturated heterocycles. The predicted molar refractivity (Wildman–Crippen MR) is 98.2 cm³/mol. The lowest BCUT2D eigenvalue weighted by Crippen LogP contribution is -2.41. The smallest absolute Gasteiger partial charge is 0.247 e. The fourth-order valence-electron chi connectivity index (χ4n) is 3.65. The number of methoxy groups -OCH3 is 1. The van der Waals surface area contributed by atoms with Crippen molar-refractivity contribution in [1.82, 2.24) is 4.31 Å². The Morgan fingerprint density at radius 1 is 1.19 bits per heavy atom. The number of hydrogen-bond acceptors (Lipinski definition) is 4. The molecule has 2 aliphatic rings. The molecular formula is C19H20N2O4S. The van der Waals surface area contributed by atoms with Crippen molar-refractivity contribution >= 4 is 21.6 Å². The SMILES string of the molecule is COc1ccc(NC(=O)[C@]23C[C@@H]2CN(Cc2ccccc2)S3(=O)=O)cc1. The summed E-state index contributed by atoms with van der Waals surface area (Å²) >= 11 is 0. The summed E-state index contributed by atoms with van der Waals surface area (Å²) in [6, 6.07) is 16.3. The Labute approximate surface area is 152 Å². The molecule has 0 radical (unpaired) electrons. The van der Waals surface area contributed by atoms with Crippen molar-refractivity contribution < 1.29 is 17.9 Å². The number of carbonyl (C=O) groups is 1. The van der Waals surface area contributed by atoms with Crippen LogP contribution in [0.4, 0.5) is 5.69 Å². The number of ether oxygens (including phenoxy) is 1. The van der Waals surface area contributed by atoms with Crippen LogP contribution < -0.4 is 10.1 Å². The molecule has 1 aliphatic heterocycles. The van der Waals surface area contributed by atoms with Gasteiger partial charge in [-0.3, -0.25) is 4.79 Å². The molecule has 7 heteroatoms. The molecule has 1 aliphatic carbocycles. The summed E-state index contributed by atoms with van der Waals surface area (Å²) in [5, 5.41) is 2.76. The van der Waals surface area contributed by atoms with Gasteiger partial charge in [0.25, 0.3) is 0 Å². The first-order chi connectivity index (χ1) is 12.5. The lowest BCUT2D eigenvalue weighted by atomic mass is 10.2. The molecule has 0 spiro atoms. The van der Waals surface area contributed by atoms with E-state index >= 15 is 0 Å². The van der Waals surface area contributed by atoms with Crippen molar-refractivity contribution in [2.24, 2.45) is 5.92 Å². The number of sulfonamides is 1. The summed E-state index contributed by atoms with van der Waals surface area (Å²) in [5.74, 6) is 0.0886. The normalized spacial score (nSPS) is 26.1. The number of carbonyl (C=O) groups excluding carboxylic acids is 1. The molecule has 1 heterocycles. The van der Waals surface area contributed by atoms with Crippen LogP contribution in [0, 0.1) is 5.92 Å². The Hall–Kier alpha value is -2.38. The second-order valence-corrected chi connectivity index (χ2v) is 8.95. The third-order valence-corrected chi connectivity index (χ3v) is 7.77. The van der Waals surface area contributed by atoms with E-state index in [2.05, 4.69) is 5.32 Å². The van der Waals surface area contributed by atoms with Gasteiger partial charge in [-0.1, -0.05) is 30.3 Å². The number of rotatable bonds is 5. The molecule has 1 amide bonds. The zero-order valence-electron chi connectivity index (χ0n) is 14.4. The van der Waals surface area contributed by atoms with E-state index in [0.717, 1.165) is 5.56 Å². The highest BCUT2D eigenvalue weighted by Gasteiger charge is 2.75. The van der Waals surface area contributed by atoms with Gasteiger partial charge in [-0.25, -0.2) is 8.42 Å². The average molecular weight is 372 g/mol. The Kier molecular flexibility index (Phi) is 4.00. The molecule has 4 rings (SSSR count). The van der Waals surface area contributed by atoms with Crippen LogP contribution in [0.5, 0.6) is 5.75 Å². The Morgan fingerprint density at radius 2 is 1.88 bits per heavy atom. The van der Waals surface area contributed by atoms with Gasteiger partial charge in [-0.15, -0.1) is 0 Å². The van der Waals surface area contributed by atoms with Gasteiger partial charge < -0.3 is 10.1 Å². The molecule has 2 atom stereocenters. The molecule has 2 aromatic rings. The molecule has 1 N–H and O–H groups in total. The second kappa shape index (κ2) is 6.10. The highest BCUT2D eigenvalue weighted by molar-refractivity contribution is 7.92. The van der Waals surface area contributed by atoms with Crippen LogP contribution in [0.3, 0.4) is 0 Å². The maximum Gasteiger partial charge on any atom is 0.247 e. The van der Waals surface area contributed by atoms with E-state index in [9.17, 15) is 13.2 Å². The van der Waals surface area contributed by atoms with Crippen molar-refractivity contribution in [3.8, 4) is 5.75 Å². The molecule has 2 fully saturated rings. The molecule has 136 valence electrons. The highest BCUT2D eigenvalue weighted by atomic mass is 32.2. The first-order valence-corrected chi connectivity index (χ1v) is 9.90. The van der Waals surface area contributed by atoms with Gasteiger partial charge in [0, 0.05) is 24.7 Å². The number of amides is 1. The lowest BCUT2D eigenvalue weighted by molar-refractivity contribution is -0.116. The Balaban J connectivity index is 1.52. The predicted octanol–water partition coefficient (Wildman–Crippen LogP) is 2.24. The molecule has 0 unspecified atom stereocenters. The van der Waals surface area contributed by atoms with Gasteiger partial charge >= 0.3 is 0 Å². The molecule has 0 bridgehead atoms. The summed E-state index contributed by atoms with van der Waals surface area (Å²) < 4.78 is 31.3. The fraction of sp³-hybridized carbons (Fsp3) is 0.316. The quantitative estimate of drug-likeness (QED) is 0.873. The first kappa shape index (κ1) is 17.1. The van der Waals surface area contributed by atoms with E-state index < -0.39 is 20.7 Å². The average Bonchev–Trinajstić information content (AvgIpc) is 3.34. The van der Waals surface area contributed by atoms with Crippen molar-refractivity contribution in [3.05, 3.63) is 60.2 Å². The minimum Gasteiger partial charge on any atom is -0.497 e. The third kappa shape index (κ3) is 2.59. The zero-order chi connectivity index (χ0) is 18.4. The molecule has 6 nitrogen and oxygen atoms in total. The summed E-state index contributed by atoms with van der Waals surface area (Å²) in [5.41, 5.74) is 1.48. The topological polar surface area (TPSA) is 75.7 Å². The molecule has 2 aromatic carbocycles. The number of anilines is 1. The fourth-order valence-corrected chi connectivity index (χ4v) is 6.00. The molecule has 0 aromatic heterocycles. The number of hydrogen-bond donors (Lipinski definition) is 1. The van der Waals surface area contributed by atoms with Crippen LogP contribution >= 0.6 is 0 Å². The van der Waals surface area contributed by atoms with Crippen LogP contribution in [0.25, 0.3) is 0 Å². The van der Waals surface area contributed by atoms with Gasteiger partial charge in [0.1, 0.15) is 5.75 Å². The first-order valence-electron chi connectivity index (χ1n) is 8.46. The van der Waals surface area contributed by atoms with Crippen LogP contribution in [0.15, 0.2) is 54.6 Å². The summed E-state index contributed by atoms with van der Waals surface area (Å²) in [6.07, 6.45) is 0.391. The minimum absolute atomic E-state index is 0.144. The summed E-state index contributed by atoms with van der Waals surface area (Å²) in [4.78, 5) is 12.8. The maximum atomic E-state index is 13.0. The van der Waals surface area contributed by atoms with Gasteiger partial charge in [-0.2, -0.15) is 4.31 Å². The van der Waals surface area contributed by atoms with E-state index in [0.29, 0.717) is 30.9 Å². The molecular weight excluding hydrogens is 352 g/mol. The number of benzene rings is 2. The van der Waals surface area contributed by atoms with Crippen LogP contribution in [-0.4, -0.2) is 37.0 Å². The van der Waals surface area contributed by atoms with E-state index in [1.165, 1.54) is 4.31 Å². The second-order valence-electron chi connectivity index (χ2n) is 6.76. The third-order valence-electron chi connectivity index (χ3n) is 5.21. The van der Waals surface area contributed by atoms with Gasteiger partial charge in [0.15, 0.2) is 4.75 Å². The maximum absolute atomic E-state index is 13.0. The van der Waals surface area contributed by atoms with E-state index in [1.807, 2.05) is 30.3 Å². The van der Waals surface area contributed by atoms with Crippen LogP contribution in [0.1, 0.15) is 12.0 Å². The summed E-state index contributed by atoms with van der Waals surface area (Å²) in [7, 11) is -2.12. The van der Waals surface area contributed by atoms with Gasteiger partial charge in [0.2, 0.25) is 15.9 Å². The zero-order valence-corrected chi connectivity index (χ0v) is 15.2. The molecule has 1 saturated carbocycles. The summed E-state index contributed by atoms with van der Waals surface area (Å²) in [6.45, 7) is 0.699. The van der Waals surface area contributed by atoms with E-state index in [1.54, 1.807) is 31.4 Å². The minimum atomic E-state index is -3.69. The van der Waals surface area contributed by atoms with Gasteiger partial charge in [-0.05, 0) is 36.2 Å².